The molecule has 0 saturated heterocycles. The molecule has 1 aromatic heterocycles. The number of carbonyl (C=O) groups excluding carboxylic acids is 2. The van der Waals surface area contributed by atoms with Crippen molar-refractivity contribution in [1.82, 2.24) is 14.7 Å². The number of aliphatic imine (C=N–C) groups is 1. The third-order valence-corrected chi connectivity index (χ3v) is 5.76. The van der Waals surface area contributed by atoms with Gasteiger partial charge in [-0.15, -0.1) is 0 Å². The number of H-pyrrole nitrogens is 1. The summed E-state index contributed by atoms with van der Waals surface area (Å²) in [6.07, 6.45) is 2.74. The van der Waals surface area contributed by atoms with Gasteiger partial charge < -0.3 is 9.72 Å². The van der Waals surface area contributed by atoms with Crippen LogP contribution < -0.4 is 4.72 Å². The van der Waals surface area contributed by atoms with Gasteiger partial charge in [0, 0.05) is 35.4 Å². The van der Waals surface area contributed by atoms with E-state index in [1.165, 1.54) is 6.20 Å². The van der Waals surface area contributed by atoms with Gasteiger partial charge in [-0.05, 0) is 41.5 Å². The molecule has 0 saturated carbocycles. The van der Waals surface area contributed by atoms with Gasteiger partial charge in [0.2, 0.25) is 10.0 Å². The van der Waals surface area contributed by atoms with Crippen LogP contribution in [0.15, 0.2) is 28.7 Å². The average Bonchev–Trinajstić information content (AvgIpc) is 3.04. The Kier molecular flexibility index (Phi) is 7.12. The fraction of sp³-hybridized carbons (Fsp3) is 0.579. The van der Waals surface area contributed by atoms with Crippen LogP contribution in [0.5, 0.6) is 0 Å². The number of nitrogens with zero attached hydrogens (tertiary/aromatic N) is 2. The second-order valence-electron chi connectivity index (χ2n) is 7.62. The van der Waals surface area contributed by atoms with Crippen molar-refractivity contribution in [3.8, 4) is 0 Å². The smallest absolute Gasteiger partial charge is 0.316 e. The molecule has 1 aromatic rings. The molecule has 2 N–H and O–H groups in total. The SMILES string of the molecule is CC1=NC(C)=C(C(=O)CS(=O)(=O)NC(C)C)C(c2ncc[nH]2)C1C(=O)OC(C)C. The molecule has 10 heteroatoms. The number of carbonyl (C=O) groups is 2. The lowest BCUT2D eigenvalue weighted by atomic mass is 9.78. The van der Waals surface area contributed by atoms with Crippen molar-refractivity contribution in [3.05, 3.63) is 29.5 Å². The van der Waals surface area contributed by atoms with Crippen molar-refractivity contribution in [2.75, 3.05) is 5.75 Å². The van der Waals surface area contributed by atoms with Crippen molar-refractivity contribution in [2.24, 2.45) is 10.9 Å². The second-order valence-corrected chi connectivity index (χ2v) is 9.38. The normalized spacial score (nSPS) is 20.2. The van der Waals surface area contributed by atoms with E-state index in [1.807, 2.05) is 0 Å². The Balaban J connectivity index is 2.51. The maximum atomic E-state index is 13.1. The van der Waals surface area contributed by atoms with Gasteiger partial charge in [0.05, 0.1) is 12.0 Å². The van der Waals surface area contributed by atoms with Crippen molar-refractivity contribution in [3.63, 3.8) is 0 Å². The summed E-state index contributed by atoms with van der Waals surface area (Å²) in [4.78, 5) is 37.4. The molecule has 1 aliphatic rings. The van der Waals surface area contributed by atoms with E-state index in [0.29, 0.717) is 17.2 Å². The van der Waals surface area contributed by atoms with Crippen LogP contribution in [0.3, 0.4) is 0 Å². The maximum Gasteiger partial charge on any atom is 0.316 e. The van der Waals surface area contributed by atoms with E-state index in [2.05, 4.69) is 19.7 Å². The molecule has 0 aliphatic carbocycles. The molecular formula is C19H28N4O5S. The minimum absolute atomic E-state index is 0.144. The molecule has 0 spiro atoms. The van der Waals surface area contributed by atoms with Gasteiger partial charge >= 0.3 is 5.97 Å². The number of allylic oxidation sites excluding steroid dienone is 2. The van der Waals surface area contributed by atoms with E-state index in [0.717, 1.165) is 0 Å². The molecular weight excluding hydrogens is 396 g/mol. The zero-order valence-corrected chi connectivity index (χ0v) is 18.3. The molecule has 9 nitrogen and oxygen atoms in total. The quantitative estimate of drug-likeness (QED) is 0.611. The van der Waals surface area contributed by atoms with Crippen LogP contribution >= 0.6 is 0 Å². The summed E-state index contributed by atoms with van der Waals surface area (Å²) in [5, 5.41) is 0. The van der Waals surface area contributed by atoms with Gasteiger partial charge in [0.15, 0.2) is 5.78 Å². The Morgan fingerprint density at radius 3 is 2.41 bits per heavy atom. The van der Waals surface area contributed by atoms with Gasteiger partial charge in [-0.25, -0.2) is 18.1 Å². The molecule has 160 valence electrons. The molecule has 0 radical (unpaired) electrons. The topological polar surface area (TPSA) is 131 Å². The number of esters is 1. The molecule has 29 heavy (non-hydrogen) atoms. The summed E-state index contributed by atoms with van der Waals surface area (Å²) in [5.74, 6) is -3.22. The van der Waals surface area contributed by atoms with Crippen LogP contribution in [-0.2, 0) is 24.3 Å². The Labute approximate surface area is 171 Å². The lowest BCUT2D eigenvalue weighted by molar-refractivity contribution is -0.150. The summed E-state index contributed by atoms with van der Waals surface area (Å²) < 4.78 is 32.4. The summed E-state index contributed by atoms with van der Waals surface area (Å²) in [5.41, 5.74) is 0.988. The highest BCUT2D eigenvalue weighted by molar-refractivity contribution is 7.90. The Morgan fingerprint density at radius 1 is 1.24 bits per heavy atom. The van der Waals surface area contributed by atoms with E-state index in [9.17, 15) is 18.0 Å². The summed E-state index contributed by atoms with van der Waals surface area (Å²) >= 11 is 0. The molecule has 2 rings (SSSR count). The molecule has 1 aliphatic heterocycles. The third-order valence-electron chi connectivity index (χ3n) is 4.28. The Morgan fingerprint density at radius 2 is 1.90 bits per heavy atom. The summed E-state index contributed by atoms with van der Waals surface area (Å²) in [6.45, 7) is 10.1. The van der Waals surface area contributed by atoms with E-state index < -0.39 is 39.4 Å². The maximum absolute atomic E-state index is 13.1. The highest BCUT2D eigenvalue weighted by Gasteiger charge is 2.43. The first-order valence-electron chi connectivity index (χ1n) is 9.41. The number of hydrogen-bond acceptors (Lipinski definition) is 7. The number of ether oxygens (including phenoxy) is 1. The van der Waals surface area contributed by atoms with Gasteiger partial charge in [0.1, 0.15) is 17.5 Å². The van der Waals surface area contributed by atoms with Crippen LogP contribution in [0.4, 0.5) is 0 Å². The fourth-order valence-corrected chi connectivity index (χ4v) is 4.71. The largest absolute Gasteiger partial charge is 0.462 e. The van der Waals surface area contributed by atoms with E-state index >= 15 is 0 Å². The van der Waals surface area contributed by atoms with Gasteiger partial charge in [-0.1, -0.05) is 0 Å². The molecule has 2 unspecified atom stereocenters. The summed E-state index contributed by atoms with van der Waals surface area (Å²) in [7, 11) is -3.84. The molecule has 2 atom stereocenters. The number of nitrogens with one attached hydrogen (secondary N) is 2. The average molecular weight is 425 g/mol. The van der Waals surface area contributed by atoms with Crippen LogP contribution in [0.2, 0.25) is 0 Å². The van der Waals surface area contributed by atoms with Crippen LogP contribution in [0, 0.1) is 5.92 Å². The van der Waals surface area contributed by atoms with Gasteiger partial charge in [-0.3, -0.25) is 14.6 Å². The minimum atomic E-state index is -3.84. The third kappa shape index (κ3) is 5.60. The zero-order chi connectivity index (χ0) is 21.9. The number of ketones is 1. The Hall–Kier alpha value is -2.33. The van der Waals surface area contributed by atoms with E-state index in [-0.39, 0.29) is 17.7 Å². The standard InChI is InChI=1S/C19H28N4O5S/c1-10(2)23-29(26,27)9-14(24)15-12(5)22-13(6)16(19(25)28-11(3)4)17(15)18-20-7-8-21-18/h7-8,10-11,16-17,23H,9H2,1-6H3,(H,20,21). The molecule has 2 heterocycles. The molecule has 0 amide bonds. The number of aromatic nitrogens is 2. The van der Waals surface area contributed by atoms with Crippen molar-refractivity contribution < 1.29 is 22.7 Å². The van der Waals surface area contributed by atoms with E-state index in [4.69, 9.17) is 4.74 Å². The Bertz CT molecular complexity index is 930. The first kappa shape index (κ1) is 23.0. The monoisotopic (exact) mass is 424 g/mol. The lowest BCUT2D eigenvalue weighted by Crippen LogP contribution is -2.40. The van der Waals surface area contributed by atoms with Crippen LogP contribution in [0.1, 0.15) is 53.3 Å². The van der Waals surface area contributed by atoms with Gasteiger partial charge in [-0.2, -0.15) is 0 Å². The highest BCUT2D eigenvalue weighted by Crippen LogP contribution is 2.38. The van der Waals surface area contributed by atoms with Crippen molar-refractivity contribution >= 4 is 27.5 Å². The first-order chi connectivity index (χ1) is 13.4. The molecule has 0 bridgehead atoms. The zero-order valence-electron chi connectivity index (χ0n) is 17.5. The predicted octanol–water partition coefficient (Wildman–Crippen LogP) is 1.71. The number of aromatic amines is 1. The first-order valence-corrected chi connectivity index (χ1v) is 11.1. The number of sulfonamides is 1. The molecule has 0 fully saturated rings. The lowest BCUT2D eigenvalue weighted by Gasteiger charge is -2.31. The number of imidazole rings is 1. The van der Waals surface area contributed by atoms with Crippen LogP contribution in [-0.4, -0.2) is 53.7 Å². The highest BCUT2D eigenvalue weighted by atomic mass is 32.2. The second kappa shape index (κ2) is 9.00. The summed E-state index contributed by atoms with van der Waals surface area (Å²) in [6, 6.07) is -0.343. The fourth-order valence-electron chi connectivity index (χ4n) is 3.41. The van der Waals surface area contributed by atoms with E-state index in [1.54, 1.807) is 47.7 Å². The number of Topliss-reactive ketones (excluding diaryl/α,β-unsaturated/α-hetero) is 1. The van der Waals surface area contributed by atoms with Crippen molar-refractivity contribution in [2.45, 2.75) is 59.6 Å². The number of rotatable bonds is 8. The molecule has 0 aromatic carbocycles. The minimum Gasteiger partial charge on any atom is -0.462 e. The van der Waals surface area contributed by atoms with Gasteiger partial charge in [0.25, 0.3) is 0 Å². The number of hydrogen-bond donors (Lipinski definition) is 2. The van der Waals surface area contributed by atoms with Crippen LogP contribution in [0.25, 0.3) is 0 Å². The predicted molar refractivity (Wildman–Crippen MR) is 109 cm³/mol. The van der Waals surface area contributed by atoms with Crippen molar-refractivity contribution in [1.29, 1.82) is 0 Å².